The zero-order chi connectivity index (χ0) is 20.9. The molecule has 0 saturated heterocycles. The van der Waals surface area contributed by atoms with Gasteiger partial charge in [-0.05, 0) is 61.7 Å². The Bertz CT molecular complexity index is 952. The van der Waals surface area contributed by atoms with Crippen molar-refractivity contribution in [2.45, 2.75) is 31.4 Å². The summed E-state index contributed by atoms with van der Waals surface area (Å²) in [5.41, 5.74) is 2.66. The lowest BCUT2D eigenvalue weighted by molar-refractivity contribution is 0.0562. The number of hydrogen-bond acceptors (Lipinski definition) is 6. The molecule has 8 nitrogen and oxygen atoms in total. The minimum absolute atomic E-state index is 0.0394. The zero-order valence-corrected chi connectivity index (χ0v) is 16.5. The van der Waals surface area contributed by atoms with Crippen molar-refractivity contribution < 1.29 is 14.7 Å². The molecule has 0 atom stereocenters. The molecule has 1 saturated carbocycles. The maximum atomic E-state index is 12.4. The molecule has 1 aliphatic carbocycles. The normalized spacial score (nSPS) is 20.2. The molecule has 156 valence electrons. The molecule has 4 rings (SSSR count). The van der Waals surface area contributed by atoms with Crippen molar-refractivity contribution in [3.05, 3.63) is 59.7 Å². The van der Waals surface area contributed by atoms with E-state index in [0.717, 1.165) is 24.3 Å². The topological polar surface area (TPSA) is 115 Å². The first-order valence-corrected chi connectivity index (χ1v) is 10.1. The van der Waals surface area contributed by atoms with Crippen molar-refractivity contribution in [3.8, 4) is 0 Å². The quantitative estimate of drug-likeness (QED) is 0.518. The van der Waals surface area contributed by atoms with Crippen molar-refractivity contribution in [1.82, 2.24) is 16.0 Å². The lowest BCUT2D eigenvalue weighted by Crippen LogP contribution is -2.46. The number of aliphatic imine (C=N–C) groups is 1. The SMILES string of the molecule is O=C(NC1=NCCCN1)c1ccc(Nc2cccc(C(=O)NC3CC(O)C3)c2)cc1. The second-order valence-corrected chi connectivity index (χ2v) is 7.54. The fourth-order valence-corrected chi connectivity index (χ4v) is 3.38. The number of nitrogens with one attached hydrogen (secondary N) is 4. The number of carbonyl (C=O) groups is 2. The zero-order valence-electron chi connectivity index (χ0n) is 16.5. The minimum atomic E-state index is -0.305. The maximum absolute atomic E-state index is 12.4. The smallest absolute Gasteiger partial charge is 0.257 e. The molecule has 2 aromatic rings. The van der Waals surface area contributed by atoms with E-state index in [9.17, 15) is 14.7 Å². The van der Waals surface area contributed by atoms with Crippen molar-refractivity contribution in [1.29, 1.82) is 0 Å². The highest BCUT2D eigenvalue weighted by molar-refractivity contribution is 6.06. The number of guanidine groups is 1. The Kier molecular flexibility index (Phi) is 5.94. The van der Waals surface area contributed by atoms with Crippen LogP contribution < -0.4 is 21.3 Å². The van der Waals surface area contributed by atoms with Gasteiger partial charge in [0.25, 0.3) is 11.8 Å². The van der Waals surface area contributed by atoms with E-state index in [1.54, 1.807) is 24.3 Å². The number of aliphatic hydroxyl groups is 1. The van der Waals surface area contributed by atoms with Crippen LogP contribution in [-0.4, -0.2) is 48.1 Å². The van der Waals surface area contributed by atoms with Crippen LogP contribution in [0.4, 0.5) is 11.4 Å². The van der Waals surface area contributed by atoms with Crippen molar-refractivity contribution in [3.63, 3.8) is 0 Å². The van der Waals surface area contributed by atoms with Crippen LogP contribution in [0.2, 0.25) is 0 Å². The third-order valence-corrected chi connectivity index (χ3v) is 5.14. The standard InChI is InChI=1S/C22H25N5O3/c28-19-12-18(13-19)26-21(30)15-3-1-4-17(11-15)25-16-7-5-14(6-8-16)20(29)27-22-23-9-2-10-24-22/h1,3-8,11,18-19,25,28H,2,9-10,12-13H2,(H,26,30)(H2,23,24,27,29). The first-order chi connectivity index (χ1) is 14.6. The summed E-state index contributed by atoms with van der Waals surface area (Å²) in [7, 11) is 0. The Hall–Kier alpha value is -3.39. The summed E-state index contributed by atoms with van der Waals surface area (Å²) in [6.45, 7) is 1.52. The molecule has 0 bridgehead atoms. The number of carbonyl (C=O) groups excluding carboxylic acids is 2. The maximum Gasteiger partial charge on any atom is 0.257 e. The van der Waals surface area contributed by atoms with E-state index in [1.165, 1.54) is 0 Å². The molecule has 1 heterocycles. The van der Waals surface area contributed by atoms with Gasteiger partial charge in [0.2, 0.25) is 0 Å². The van der Waals surface area contributed by atoms with E-state index < -0.39 is 0 Å². The molecule has 0 aromatic heterocycles. The predicted molar refractivity (Wildman–Crippen MR) is 115 cm³/mol. The molecule has 2 aliphatic rings. The van der Waals surface area contributed by atoms with E-state index in [1.807, 2.05) is 24.3 Å². The number of hydrogen-bond donors (Lipinski definition) is 5. The van der Waals surface area contributed by atoms with Gasteiger partial charge >= 0.3 is 0 Å². The minimum Gasteiger partial charge on any atom is -0.393 e. The Morgan fingerprint density at radius 2 is 1.80 bits per heavy atom. The van der Waals surface area contributed by atoms with Gasteiger partial charge in [-0.15, -0.1) is 0 Å². The highest BCUT2D eigenvalue weighted by Gasteiger charge is 2.28. The molecule has 1 fully saturated rings. The first kappa shape index (κ1) is 19.9. The third-order valence-electron chi connectivity index (χ3n) is 5.14. The number of aliphatic hydroxyl groups excluding tert-OH is 1. The third kappa shape index (κ3) is 4.96. The van der Waals surface area contributed by atoms with E-state index >= 15 is 0 Å². The number of amides is 2. The summed E-state index contributed by atoms with van der Waals surface area (Å²) < 4.78 is 0. The van der Waals surface area contributed by atoms with Crippen LogP contribution in [0.3, 0.4) is 0 Å². The van der Waals surface area contributed by atoms with E-state index in [2.05, 4.69) is 26.3 Å². The summed E-state index contributed by atoms with van der Waals surface area (Å²) in [5, 5.41) is 21.4. The number of nitrogens with zero attached hydrogens (tertiary/aromatic N) is 1. The molecule has 0 radical (unpaired) electrons. The second kappa shape index (κ2) is 8.96. The lowest BCUT2D eigenvalue weighted by atomic mass is 9.89. The van der Waals surface area contributed by atoms with Crippen LogP contribution in [0.15, 0.2) is 53.5 Å². The molecular formula is C22H25N5O3. The van der Waals surface area contributed by atoms with Gasteiger partial charge in [0, 0.05) is 41.6 Å². The molecule has 0 unspecified atom stereocenters. The van der Waals surface area contributed by atoms with Gasteiger partial charge in [-0.1, -0.05) is 6.07 Å². The van der Waals surface area contributed by atoms with Crippen LogP contribution in [0.1, 0.15) is 40.0 Å². The molecule has 5 N–H and O–H groups in total. The Labute approximate surface area is 174 Å². The monoisotopic (exact) mass is 407 g/mol. The van der Waals surface area contributed by atoms with Gasteiger partial charge in [0.1, 0.15) is 0 Å². The highest BCUT2D eigenvalue weighted by Crippen LogP contribution is 2.21. The average molecular weight is 407 g/mol. The Morgan fingerprint density at radius 3 is 2.50 bits per heavy atom. The fourth-order valence-electron chi connectivity index (χ4n) is 3.38. The van der Waals surface area contributed by atoms with Crippen molar-refractivity contribution >= 4 is 29.1 Å². The Balaban J connectivity index is 1.35. The molecule has 30 heavy (non-hydrogen) atoms. The molecule has 2 amide bonds. The van der Waals surface area contributed by atoms with Crippen LogP contribution in [-0.2, 0) is 0 Å². The van der Waals surface area contributed by atoms with Crippen molar-refractivity contribution in [2.75, 3.05) is 18.4 Å². The Morgan fingerprint density at radius 1 is 1.00 bits per heavy atom. The molecule has 1 aliphatic heterocycles. The second-order valence-electron chi connectivity index (χ2n) is 7.54. The van der Waals surface area contributed by atoms with Gasteiger partial charge in [-0.3, -0.25) is 19.9 Å². The van der Waals surface area contributed by atoms with Gasteiger partial charge in [-0.25, -0.2) is 0 Å². The van der Waals surface area contributed by atoms with E-state index in [-0.39, 0.29) is 24.0 Å². The highest BCUT2D eigenvalue weighted by atomic mass is 16.3. The summed E-state index contributed by atoms with van der Waals surface area (Å²) in [6, 6.07) is 14.4. The molecular weight excluding hydrogens is 382 g/mol. The van der Waals surface area contributed by atoms with E-state index in [0.29, 0.717) is 36.5 Å². The van der Waals surface area contributed by atoms with Crippen LogP contribution in [0.25, 0.3) is 0 Å². The molecule has 0 spiro atoms. The lowest BCUT2D eigenvalue weighted by Gasteiger charge is -2.31. The summed E-state index contributed by atoms with van der Waals surface area (Å²) >= 11 is 0. The van der Waals surface area contributed by atoms with Crippen LogP contribution in [0, 0.1) is 0 Å². The first-order valence-electron chi connectivity index (χ1n) is 10.1. The van der Waals surface area contributed by atoms with Crippen LogP contribution in [0.5, 0.6) is 0 Å². The van der Waals surface area contributed by atoms with Crippen molar-refractivity contribution in [2.24, 2.45) is 4.99 Å². The number of rotatable bonds is 5. The van der Waals surface area contributed by atoms with Crippen LogP contribution >= 0.6 is 0 Å². The largest absolute Gasteiger partial charge is 0.393 e. The van der Waals surface area contributed by atoms with Gasteiger partial charge in [-0.2, -0.15) is 0 Å². The van der Waals surface area contributed by atoms with Gasteiger partial charge < -0.3 is 21.1 Å². The molecule has 2 aromatic carbocycles. The van der Waals surface area contributed by atoms with Gasteiger partial charge in [0.15, 0.2) is 5.96 Å². The average Bonchev–Trinajstić information content (AvgIpc) is 2.74. The fraction of sp³-hybridized carbons (Fsp3) is 0.318. The summed E-state index contributed by atoms with van der Waals surface area (Å²) in [5.74, 6) is 0.149. The number of benzene rings is 2. The summed E-state index contributed by atoms with van der Waals surface area (Å²) in [4.78, 5) is 28.9. The summed E-state index contributed by atoms with van der Waals surface area (Å²) in [6.07, 6.45) is 1.87. The van der Waals surface area contributed by atoms with E-state index in [4.69, 9.17) is 0 Å². The predicted octanol–water partition coefficient (Wildman–Crippen LogP) is 1.76. The number of anilines is 2. The molecule has 8 heteroatoms. The van der Waals surface area contributed by atoms with Gasteiger partial charge in [0.05, 0.1) is 6.10 Å².